The van der Waals surface area contributed by atoms with Gasteiger partial charge >= 0.3 is 0 Å². The number of rotatable bonds is 3. The maximum atomic E-state index is 11.5. The first kappa shape index (κ1) is 12.7. The van der Waals surface area contributed by atoms with Crippen LogP contribution >= 0.6 is 0 Å². The molecule has 0 aromatic heterocycles. The third-order valence-electron chi connectivity index (χ3n) is 2.65. The molecular formula is C13H19NO2. The van der Waals surface area contributed by atoms with E-state index in [1.165, 1.54) is 12.5 Å². The molecule has 3 heteroatoms. The summed E-state index contributed by atoms with van der Waals surface area (Å²) in [5, 5.41) is 9.20. The Morgan fingerprint density at radius 1 is 1.44 bits per heavy atom. The molecule has 1 aromatic carbocycles. The summed E-state index contributed by atoms with van der Waals surface area (Å²) in [4.78, 5) is 13.1. The van der Waals surface area contributed by atoms with E-state index in [0.717, 1.165) is 11.1 Å². The fourth-order valence-electron chi connectivity index (χ4n) is 1.62. The van der Waals surface area contributed by atoms with Crippen LogP contribution in [0.5, 0.6) is 0 Å². The van der Waals surface area contributed by atoms with Gasteiger partial charge in [-0.3, -0.25) is 4.79 Å². The number of carbonyl (C=O) groups excluding carboxylic acids is 1. The molecule has 1 amide bonds. The minimum atomic E-state index is -0.935. The second-order valence-electron chi connectivity index (χ2n) is 4.30. The van der Waals surface area contributed by atoms with Gasteiger partial charge in [0.15, 0.2) is 0 Å². The van der Waals surface area contributed by atoms with E-state index < -0.39 is 6.10 Å². The van der Waals surface area contributed by atoms with Crippen molar-refractivity contribution in [3.63, 3.8) is 0 Å². The van der Waals surface area contributed by atoms with Gasteiger partial charge in [-0.15, -0.1) is 0 Å². The van der Waals surface area contributed by atoms with Crippen LogP contribution in [0.1, 0.15) is 23.6 Å². The zero-order valence-electron chi connectivity index (χ0n) is 10.3. The van der Waals surface area contributed by atoms with Gasteiger partial charge in [0, 0.05) is 13.6 Å². The average Bonchev–Trinajstić information content (AvgIpc) is 2.22. The standard InChI is InChI=1S/C13H19NO2/c1-9-5-6-10(2)12(7-9)8-14(4)13(16)11(3)15/h5-7,11,15H,8H2,1-4H3. The zero-order chi connectivity index (χ0) is 12.3. The van der Waals surface area contributed by atoms with Crippen LogP contribution in [-0.4, -0.2) is 29.1 Å². The zero-order valence-corrected chi connectivity index (χ0v) is 10.3. The van der Waals surface area contributed by atoms with E-state index in [9.17, 15) is 9.90 Å². The Labute approximate surface area is 96.7 Å². The number of benzene rings is 1. The van der Waals surface area contributed by atoms with Crippen LogP contribution in [0.3, 0.4) is 0 Å². The van der Waals surface area contributed by atoms with E-state index in [0.29, 0.717) is 6.54 Å². The smallest absolute Gasteiger partial charge is 0.251 e. The molecule has 0 bridgehead atoms. The average molecular weight is 221 g/mol. The van der Waals surface area contributed by atoms with Gasteiger partial charge in [-0.1, -0.05) is 23.8 Å². The number of aliphatic hydroxyl groups is 1. The number of nitrogens with zero attached hydrogens (tertiary/aromatic N) is 1. The van der Waals surface area contributed by atoms with Crippen molar-refractivity contribution in [2.24, 2.45) is 0 Å². The highest BCUT2D eigenvalue weighted by Crippen LogP contribution is 2.13. The molecule has 1 N–H and O–H groups in total. The van der Waals surface area contributed by atoms with Gasteiger partial charge in [0.05, 0.1) is 0 Å². The second-order valence-corrected chi connectivity index (χ2v) is 4.30. The molecule has 1 atom stereocenters. The van der Waals surface area contributed by atoms with Crippen LogP contribution in [0.4, 0.5) is 0 Å². The minimum Gasteiger partial charge on any atom is -0.384 e. The molecule has 16 heavy (non-hydrogen) atoms. The van der Waals surface area contributed by atoms with Crippen molar-refractivity contribution in [2.45, 2.75) is 33.4 Å². The van der Waals surface area contributed by atoms with Crippen molar-refractivity contribution >= 4 is 5.91 Å². The monoisotopic (exact) mass is 221 g/mol. The van der Waals surface area contributed by atoms with E-state index >= 15 is 0 Å². The van der Waals surface area contributed by atoms with Crippen LogP contribution in [0.2, 0.25) is 0 Å². The molecule has 0 aliphatic heterocycles. The molecule has 0 aliphatic carbocycles. The van der Waals surface area contributed by atoms with Gasteiger partial charge in [0.25, 0.3) is 5.91 Å². The fourth-order valence-corrected chi connectivity index (χ4v) is 1.62. The molecule has 0 aliphatic rings. The van der Waals surface area contributed by atoms with Gasteiger partial charge in [-0.25, -0.2) is 0 Å². The molecule has 1 unspecified atom stereocenters. The van der Waals surface area contributed by atoms with Gasteiger partial charge in [0.1, 0.15) is 6.10 Å². The minimum absolute atomic E-state index is 0.249. The summed E-state index contributed by atoms with van der Waals surface area (Å²) >= 11 is 0. The first-order chi connectivity index (χ1) is 7.41. The molecule has 1 aromatic rings. The van der Waals surface area contributed by atoms with Crippen LogP contribution in [-0.2, 0) is 11.3 Å². The summed E-state index contributed by atoms with van der Waals surface area (Å²) < 4.78 is 0. The highest BCUT2D eigenvalue weighted by Gasteiger charge is 2.15. The molecule has 0 radical (unpaired) electrons. The molecule has 3 nitrogen and oxygen atoms in total. The summed E-state index contributed by atoms with van der Waals surface area (Å²) in [6.07, 6.45) is -0.935. The second kappa shape index (κ2) is 5.12. The topological polar surface area (TPSA) is 40.5 Å². The predicted molar refractivity (Wildman–Crippen MR) is 64.1 cm³/mol. The summed E-state index contributed by atoms with van der Waals surface area (Å²) in [5.41, 5.74) is 3.46. The Bertz CT molecular complexity index is 386. The summed E-state index contributed by atoms with van der Waals surface area (Å²) in [6.45, 7) is 6.08. The van der Waals surface area contributed by atoms with Crippen LogP contribution in [0, 0.1) is 13.8 Å². The lowest BCUT2D eigenvalue weighted by Gasteiger charge is -2.20. The number of amides is 1. The summed E-state index contributed by atoms with van der Waals surface area (Å²) in [5.74, 6) is -0.249. The molecule has 0 spiro atoms. The summed E-state index contributed by atoms with van der Waals surface area (Å²) in [7, 11) is 1.71. The van der Waals surface area contributed by atoms with E-state index in [4.69, 9.17) is 0 Å². The largest absolute Gasteiger partial charge is 0.384 e. The SMILES string of the molecule is Cc1ccc(C)c(CN(C)C(=O)C(C)O)c1. The lowest BCUT2D eigenvalue weighted by Crippen LogP contribution is -2.34. The molecule has 88 valence electrons. The van der Waals surface area contributed by atoms with Crippen molar-refractivity contribution < 1.29 is 9.90 Å². The lowest BCUT2D eigenvalue weighted by molar-refractivity contribution is -0.138. The molecule has 0 saturated heterocycles. The van der Waals surface area contributed by atoms with E-state index in [1.807, 2.05) is 19.9 Å². The van der Waals surface area contributed by atoms with Crippen LogP contribution < -0.4 is 0 Å². The molecule has 1 rings (SSSR count). The first-order valence-electron chi connectivity index (χ1n) is 5.41. The van der Waals surface area contributed by atoms with Crippen molar-refractivity contribution in [1.29, 1.82) is 0 Å². The predicted octanol–water partition coefficient (Wildman–Crippen LogP) is 1.64. The van der Waals surface area contributed by atoms with Crippen molar-refractivity contribution in [3.8, 4) is 0 Å². The van der Waals surface area contributed by atoms with Crippen molar-refractivity contribution in [2.75, 3.05) is 7.05 Å². The molecule has 0 saturated carbocycles. The number of hydrogen-bond donors (Lipinski definition) is 1. The van der Waals surface area contributed by atoms with Crippen LogP contribution in [0.25, 0.3) is 0 Å². The number of aryl methyl sites for hydroxylation is 2. The van der Waals surface area contributed by atoms with E-state index in [-0.39, 0.29) is 5.91 Å². The molecular weight excluding hydrogens is 202 g/mol. The Morgan fingerprint density at radius 3 is 2.62 bits per heavy atom. The van der Waals surface area contributed by atoms with Gasteiger partial charge in [0.2, 0.25) is 0 Å². The Morgan fingerprint density at radius 2 is 2.06 bits per heavy atom. The first-order valence-corrected chi connectivity index (χ1v) is 5.41. The number of carbonyl (C=O) groups is 1. The summed E-state index contributed by atoms with van der Waals surface area (Å²) in [6, 6.07) is 6.17. The number of likely N-dealkylation sites (N-methyl/N-ethyl adjacent to an activating group) is 1. The van der Waals surface area contributed by atoms with Gasteiger partial charge in [-0.2, -0.15) is 0 Å². The maximum absolute atomic E-state index is 11.5. The quantitative estimate of drug-likeness (QED) is 0.843. The highest BCUT2D eigenvalue weighted by atomic mass is 16.3. The van der Waals surface area contributed by atoms with Crippen LogP contribution in [0.15, 0.2) is 18.2 Å². The highest BCUT2D eigenvalue weighted by molar-refractivity contribution is 5.79. The lowest BCUT2D eigenvalue weighted by atomic mass is 10.1. The Kier molecular flexibility index (Phi) is 4.07. The normalized spacial score (nSPS) is 12.3. The molecule has 0 fully saturated rings. The third kappa shape index (κ3) is 3.07. The van der Waals surface area contributed by atoms with Crippen molar-refractivity contribution in [3.05, 3.63) is 34.9 Å². The Hall–Kier alpha value is -1.35. The van der Waals surface area contributed by atoms with Gasteiger partial charge in [-0.05, 0) is 31.9 Å². The Balaban J connectivity index is 2.80. The molecule has 0 heterocycles. The van der Waals surface area contributed by atoms with Crippen molar-refractivity contribution in [1.82, 2.24) is 4.90 Å². The maximum Gasteiger partial charge on any atom is 0.251 e. The van der Waals surface area contributed by atoms with E-state index in [1.54, 1.807) is 11.9 Å². The third-order valence-corrected chi connectivity index (χ3v) is 2.65. The van der Waals surface area contributed by atoms with E-state index in [2.05, 4.69) is 12.1 Å². The van der Waals surface area contributed by atoms with Gasteiger partial charge < -0.3 is 10.0 Å². The number of aliphatic hydroxyl groups excluding tert-OH is 1. The number of hydrogen-bond acceptors (Lipinski definition) is 2. The fraction of sp³-hybridized carbons (Fsp3) is 0.462.